The van der Waals surface area contributed by atoms with E-state index in [4.69, 9.17) is 0 Å². The van der Waals surface area contributed by atoms with Crippen LogP contribution in [0.1, 0.15) is 120 Å². The Morgan fingerprint density at radius 3 is 2.17 bits per heavy atom. The highest BCUT2D eigenvalue weighted by Gasteiger charge is 2.56. The lowest BCUT2D eigenvalue weighted by Crippen LogP contribution is -2.67. The molecule has 4 aliphatic rings. The molecule has 2 bridgehead atoms. The zero-order chi connectivity index (χ0) is 25.1. The number of rotatable bonds is 6. The molecule has 2 heterocycles. The SMILES string of the molecule is CCCCc1cccc(-c2cc[n+]3c(c2)-c2cc4c(cc2C(C)(CC)C3(C)CC)C2CCC4CC2)c1. The molecule has 1 heteroatoms. The average molecular weight is 479 g/mol. The minimum atomic E-state index is 0.0491. The minimum absolute atomic E-state index is 0.0491. The molecule has 0 saturated heterocycles. The van der Waals surface area contributed by atoms with Crippen LogP contribution in [0.2, 0.25) is 0 Å². The molecule has 2 unspecified atom stereocenters. The topological polar surface area (TPSA) is 3.88 Å². The quantitative estimate of drug-likeness (QED) is 0.311. The van der Waals surface area contributed by atoms with Gasteiger partial charge in [0.25, 0.3) is 0 Å². The number of pyridine rings is 1. The first kappa shape index (κ1) is 24.0. The van der Waals surface area contributed by atoms with E-state index < -0.39 is 0 Å². The highest BCUT2D eigenvalue weighted by Crippen LogP contribution is 2.55. The summed E-state index contributed by atoms with van der Waals surface area (Å²) < 4.78 is 2.65. The fourth-order valence-electron chi connectivity index (χ4n) is 8.02. The van der Waals surface area contributed by atoms with Crippen LogP contribution < -0.4 is 4.57 Å². The van der Waals surface area contributed by atoms with Crippen molar-refractivity contribution in [2.75, 3.05) is 0 Å². The Morgan fingerprint density at radius 1 is 0.806 bits per heavy atom. The van der Waals surface area contributed by atoms with Gasteiger partial charge in [0, 0.05) is 25.5 Å². The summed E-state index contributed by atoms with van der Waals surface area (Å²) in [5.41, 5.74) is 12.2. The molecule has 1 saturated carbocycles. The molecule has 2 aromatic carbocycles. The van der Waals surface area contributed by atoms with Gasteiger partial charge < -0.3 is 0 Å². The standard InChI is InChI=1S/C35H44N/c1-6-9-11-24-12-10-13-27(20-24)28-18-19-36-33(21-28)31-22-29-25-14-16-26(17-15-25)30(29)23-32(31)34(4,7-2)35(36,5)8-3/h10,12-13,18-23,25-26H,6-9,11,14-17H2,1-5H3/q+1. The molecule has 7 rings (SSSR count). The Kier molecular flexibility index (Phi) is 5.90. The summed E-state index contributed by atoms with van der Waals surface area (Å²) in [6, 6.07) is 19.5. The van der Waals surface area contributed by atoms with Gasteiger partial charge in [-0.15, -0.1) is 0 Å². The fraction of sp³-hybridized carbons (Fsp3) is 0.514. The predicted molar refractivity (Wildman–Crippen MR) is 152 cm³/mol. The van der Waals surface area contributed by atoms with Crippen molar-refractivity contribution in [2.24, 2.45) is 0 Å². The molecule has 3 aromatic rings. The van der Waals surface area contributed by atoms with Gasteiger partial charge in [0.2, 0.25) is 5.69 Å². The summed E-state index contributed by atoms with van der Waals surface area (Å²) in [6.45, 7) is 12.1. The summed E-state index contributed by atoms with van der Waals surface area (Å²) in [5.74, 6) is 1.56. The van der Waals surface area contributed by atoms with Crippen molar-refractivity contribution in [2.45, 2.75) is 115 Å². The van der Waals surface area contributed by atoms with Gasteiger partial charge in [0.15, 0.2) is 11.7 Å². The van der Waals surface area contributed by atoms with Gasteiger partial charge in [-0.2, -0.15) is 4.57 Å². The third kappa shape index (κ3) is 3.37. The average Bonchev–Trinajstić information content (AvgIpc) is 2.94. The molecule has 1 nitrogen and oxygen atoms in total. The number of hydrogen-bond donors (Lipinski definition) is 0. The second kappa shape index (κ2) is 8.86. The lowest BCUT2D eigenvalue weighted by atomic mass is 9.58. The van der Waals surface area contributed by atoms with Crippen LogP contribution in [0.15, 0.2) is 54.7 Å². The van der Waals surface area contributed by atoms with Crippen molar-refractivity contribution in [3.8, 4) is 22.4 Å². The highest BCUT2D eigenvalue weighted by atomic mass is 15.1. The van der Waals surface area contributed by atoms with Gasteiger partial charge in [-0.05, 0) is 103 Å². The second-order valence-electron chi connectivity index (χ2n) is 12.4. The van der Waals surface area contributed by atoms with Crippen LogP contribution in [0, 0.1) is 0 Å². The van der Waals surface area contributed by atoms with Crippen molar-refractivity contribution in [1.29, 1.82) is 0 Å². The van der Waals surface area contributed by atoms with Crippen molar-refractivity contribution in [3.63, 3.8) is 0 Å². The molecule has 2 atom stereocenters. The third-order valence-electron chi connectivity index (χ3n) is 10.9. The molecule has 0 spiro atoms. The Bertz CT molecular complexity index is 1290. The normalized spacial score (nSPS) is 27.9. The van der Waals surface area contributed by atoms with Crippen molar-refractivity contribution in [1.82, 2.24) is 0 Å². The summed E-state index contributed by atoms with van der Waals surface area (Å²) in [7, 11) is 0. The smallest absolute Gasteiger partial charge is 0.192 e. The van der Waals surface area contributed by atoms with Gasteiger partial charge in [-0.25, -0.2) is 0 Å². The van der Waals surface area contributed by atoms with Crippen LogP contribution in [0.4, 0.5) is 0 Å². The molecule has 1 aliphatic heterocycles. The molecule has 1 fully saturated rings. The molecular formula is C35H44N+. The lowest BCUT2D eigenvalue weighted by molar-refractivity contribution is -0.765. The zero-order valence-corrected chi connectivity index (χ0v) is 23.2. The summed E-state index contributed by atoms with van der Waals surface area (Å²) in [4.78, 5) is 0. The van der Waals surface area contributed by atoms with E-state index in [2.05, 4.69) is 93.9 Å². The summed E-state index contributed by atoms with van der Waals surface area (Å²) in [6.07, 6.45) is 13.9. The first-order valence-electron chi connectivity index (χ1n) is 14.8. The molecular weight excluding hydrogens is 434 g/mol. The van der Waals surface area contributed by atoms with E-state index in [0.717, 1.165) is 24.7 Å². The fourth-order valence-corrected chi connectivity index (χ4v) is 8.02. The molecule has 0 amide bonds. The van der Waals surface area contributed by atoms with Crippen LogP contribution in [0.5, 0.6) is 0 Å². The summed E-state index contributed by atoms with van der Waals surface area (Å²) in [5, 5.41) is 0. The van der Waals surface area contributed by atoms with Crippen molar-refractivity contribution < 1.29 is 4.57 Å². The molecule has 0 radical (unpaired) electrons. The van der Waals surface area contributed by atoms with Gasteiger partial charge in [-0.1, -0.05) is 57.5 Å². The Hall–Kier alpha value is -2.41. The van der Waals surface area contributed by atoms with Crippen LogP contribution in [-0.4, -0.2) is 0 Å². The number of nitrogens with zero attached hydrogens (tertiary/aromatic N) is 1. The van der Waals surface area contributed by atoms with E-state index in [1.807, 2.05) is 0 Å². The maximum Gasteiger partial charge on any atom is 0.213 e. The minimum Gasteiger partial charge on any atom is -0.192 e. The number of fused-ring (bicyclic) bond motifs is 5. The first-order valence-corrected chi connectivity index (χ1v) is 14.8. The molecule has 3 aliphatic carbocycles. The first-order chi connectivity index (χ1) is 17.4. The Morgan fingerprint density at radius 2 is 1.50 bits per heavy atom. The van der Waals surface area contributed by atoms with Gasteiger partial charge >= 0.3 is 0 Å². The van der Waals surface area contributed by atoms with Crippen LogP contribution in [-0.2, 0) is 17.4 Å². The number of unbranched alkanes of at least 4 members (excludes halogenated alkanes) is 1. The van der Waals surface area contributed by atoms with E-state index in [-0.39, 0.29) is 11.0 Å². The zero-order valence-electron chi connectivity index (χ0n) is 23.2. The molecule has 1 aromatic heterocycles. The Labute approximate surface area is 219 Å². The van der Waals surface area contributed by atoms with Crippen LogP contribution in [0.25, 0.3) is 22.4 Å². The molecule has 36 heavy (non-hydrogen) atoms. The maximum atomic E-state index is 2.69. The van der Waals surface area contributed by atoms with E-state index in [1.165, 1.54) is 72.9 Å². The van der Waals surface area contributed by atoms with Crippen LogP contribution in [0.3, 0.4) is 0 Å². The third-order valence-corrected chi connectivity index (χ3v) is 10.9. The van der Waals surface area contributed by atoms with E-state index in [1.54, 1.807) is 16.7 Å². The van der Waals surface area contributed by atoms with Crippen molar-refractivity contribution >= 4 is 0 Å². The van der Waals surface area contributed by atoms with Gasteiger partial charge in [0.05, 0.1) is 11.0 Å². The number of aromatic nitrogens is 1. The monoisotopic (exact) mass is 478 g/mol. The van der Waals surface area contributed by atoms with Crippen LogP contribution >= 0.6 is 0 Å². The molecule has 0 N–H and O–H groups in total. The van der Waals surface area contributed by atoms with Gasteiger partial charge in [-0.3, -0.25) is 0 Å². The number of aryl methyl sites for hydroxylation is 1. The number of hydrogen-bond acceptors (Lipinski definition) is 0. The molecule has 188 valence electrons. The number of benzene rings is 2. The van der Waals surface area contributed by atoms with Crippen molar-refractivity contribution in [3.05, 3.63) is 77.0 Å². The maximum absolute atomic E-state index is 2.69. The Balaban J connectivity index is 1.56. The van der Waals surface area contributed by atoms with Gasteiger partial charge in [0.1, 0.15) is 0 Å². The summed E-state index contributed by atoms with van der Waals surface area (Å²) >= 11 is 0. The lowest BCUT2D eigenvalue weighted by Gasteiger charge is -2.48. The van der Waals surface area contributed by atoms with E-state index in [9.17, 15) is 0 Å². The highest BCUT2D eigenvalue weighted by molar-refractivity contribution is 5.74. The van der Waals surface area contributed by atoms with E-state index >= 15 is 0 Å². The largest absolute Gasteiger partial charge is 0.213 e. The predicted octanol–water partition coefficient (Wildman–Crippen LogP) is 9.21. The second-order valence-corrected chi connectivity index (χ2v) is 12.4. The van der Waals surface area contributed by atoms with E-state index in [0.29, 0.717) is 0 Å².